The molecule has 2 aliphatic rings. The summed E-state index contributed by atoms with van der Waals surface area (Å²) in [7, 11) is 0. The standard InChI is InChI=1S/C22H27N3O3/c26-15-16-14-24(17-8-4-2-1-3-5-9-17)13-12-19(16)25-20-11-7-6-10-18(20)23-21(27)22(25)28/h6-7,10-11,15,17H,1-5,8-9,12-14H2,(H,23,27). The second-order valence-corrected chi connectivity index (χ2v) is 7.92. The highest BCUT2D eigenvalue weighted by molar-refractivity contribution is 5.87. The number of para-hydroxylation sites is 2. The third kappa shape index (κ3) is 3.61. The van der Waals surface area contributed by atoms with Crippen molar-refractivity contribution in [1.29, 1.82) is 0 Å². The van der Waals surface area contributed by atoms with Crippen molar-refractivity contribution in [2.45, 2.75) is 57.4 Å². The van der Waals surface area contributed by atoms with Gasteiger partial charge in [-0.2, -0.15) is 0 Å². The first-order chi connectivity index (χ1) is 13.7. The van der Waals surface area contributed by atoms with Crippen LogP contribution in [0.4, 0.5) is 0 Å². The van der Waals surface area contributed by atoms with Crippen LogP contribution >= 0.6 is 0 Å². The molecule has 4 rings (SSSR count). The monoisotopic (exact) mass is 381 g/mol. The molecule has 0 unspecified atom stereocenters. The quantitative estimate of drug-likeness (QED) is 0.655. The van der Waals surface area contributed by atoms with Gasteiger partial charge < -0.3 is 4.98 Å². The Balaban J connectivity index is 1.73. The summed E-state index contributed by atoms with van der Waals surface area (Å²) in [5.41, 5.74) is 1.26. The predicted molar refractivity (Wildman–Crippen MR) is 110 cm³/mol. The first-order valence-corrected chi connectivity index (χ1v) is 10.3. The van der Waals surface area contributed by atoms with Crippen molar-refractivity contribution < 1.29 is 4.79 Å². The van der Waals surface area contributed by atoms with Gasteiger partial charge in [0.25, 0.3) is 0 Å². The van der Waals surface area contributed by atoms with Gasteiger partial charge in [0.05, 0.1) is 11.0 Å². The number of aromatic amines is 1. The zero-order chi connectivity index (χ0) is 19.5. The van der Waals surface area contributed by atoms with Gasteiger partial charge in [-0.05, 0) is 25.0 Å². The van der Waals surface area contributed by atoms with E-state index < -0.39 is 11.1 Å². The maximum atomic E-state index is 12.7. The molecule has 2 aromatic rings. The maximum Gasteiger partial charge on any atom is 0.321 e. The van der Waals surface area contributed by atoms with Crippen molar-refractivity contribution in [3.05, 3.63) is 50.5 Å². The zero-order valence-electron chi connectivity index (χ0n) is 16.2. The third-order valence-electron chi connectivity index (χ3n) is 6.17. The van der Waals surface area contributed by atoms with E-state index in [1.54, 1.807) is 6.07 Å². The molecule has 0 spiro atoms. The van der Waals surface area contributed by atoms with E-state index in [0.29, 0.717) is 41.3 Å². The number of benzene rings is 1. The molecule has 0 radical (unpaired) electrons. The molecule has 0 bridgehead atoms. The third-order valence-corrected chi connectivity index (χ3v) is 6.17. The highest BCUT2D eigenvalue weighted by Crippen LogP contribution is 2.28. The van der Waals surface area contributed by atoms with Gasteiger partial charge in [-0.1, -0.05) is 44.2 Å². The van der Waals surface area contributed by atoms with Crippen molar-refractivity contribution in [3.63, 3.8) is 0 Å². The Labute approximate surface area is 163 Å². The number of carbonyl (C=O) groups excluding carboxylic acids is 1. The van der Waals surface area contributed by atoms with Crippen molar-refractivity contribution in [3.8, 4) is 0 Å². The van der Waals surface area contributed by atoms with Gasteiger partial charge in [-0.3, -0.25) is 23.9 Å². The normalized spacial score (nSPS) is 20.1. The van der Waals surface area contributed by atoms with Gasteiger partial charge in [0, 0.05) is 36.8 Å². The molecule has 1 N–H and O–H groups in total. The lowest BCUT2D eigenvalue weighted by molar-refractivity contribution is -0.105. The summed E-state index contributed by atoms with van der Waals surface area (Å²) in [4.78, 5) is 41.8. The van der Waals surface area contributed by atoms with Crippen LogP contribution in [0.25, 0.3) is 16.7 Å². The molecule has 1 saturated carbocycles. The lowest BCUT2D eigenvalue weighted by atomic mass is 9.93. The second kappa shape index (κ2) is 8.27. The summed E-state index contributed by atoms with van der Waals surface area (Å²) in [6.45, 7) is 1.36. The van der Waals surface area contributed by atoms with Gasteiger partial charge in [-0.15, -0.1) is 0 Å². The molecular formula is C22H27N3O3. The van der Waals surface area contributed by atoms with Crippen LogP contribution < -0.4 is 11.1 Å². The van der Waals surface area contributed by atoms with Crippen LogP contribution in [0.5, 0.6) is 0 Å². The maximum absolute atomic E-state index is 12.7. The van der Waals surface area contributed by atoms with Crippen LogP contribution in [0.2, 0.25) is 0 Å². The van der Waals surface area contributed by atoms with Gasteiger partial charge in [-0.25, -0.2) is 0 Å². The number of aldehydes is 1. The molecule has 148 valence electrons. The summed E-state index contributed by atoms with van der Waals surface area (Å²) in [6.07, 6.45) is 10.2. The van der Waals surface area contributed by atoms with Crippen LogP contribution in [-0.2, 0) is 4.79 Å². The molecule has 1 fully saturated rings. The molecule has 1 aliphatic heterocycles. The van der Waals surface area contributed by atoms with E-state index in [-0.39, 0.29) is 0 Å². The predicted octanol–water partition coefficient (Wildman–Crippen LogP) is 2.92. The highest BCUT2D eigenvalue weighted by Gasteiger charge is 2.27. The number of nitrogens with one attached hydrogen (secondary N) is 1. The molecule has 0 saturated heterocycles. The number of fused-ring (bicyclic) bond motifs is 1. The van der Waals surface area contributed by atoms with Gasteiger partial charge in [0.1, 0.15) is 6.29 Å². The van der Waals surface area contributed by atoms with Gasteiger partial charge in [0.2, 0.25) is 0 Å². The lowest BCUT2D eigenvalue weighted by Gasteiger charge is -2.37. The minimum absolute atomic E-state index is 0.504. The largest absolute Gasteiger partial charge is 0.321 e. The fourth-order valence-electron chi connectivity index (χ4n) is 4.70. The fraction of sp³-hybridized carbons (Fsp3) is 0.500. The number of H-pyrrole nitrogens is 1. The van der Waals surface area contributed by atoms with Gasteiger partial charge >= 0.3 is 11.1 Å². The minimum Gasteiger partial charge on any atom is -0.316 e. The number of rotatable bonds is 3. The van der Waals surface area contributed by atoms with Crippen LogP contribution in [-0.4, -0.2) is 39.9 Å². The van der Waals surface area contributed by atoms with Crippen molar-refractivity contribution in [1.82, 2.24) is 14.5 Å². The topological polar surface area (TPSA) is 75.2 Å². The molecule has 2 heterocycles. The summed E-state index contributed by atoms with van der Waals surface area (Å²) in [5.74, 6) is 0. The molecular weight excluding hydrogens is 354 g/mol. The Bertz CT molecular complexity index is 1010. The summed E-state index contributed by atoms with van der Waals surface area (Å²) in [5, 5.41) is 0. The van der Waals surface area contributed by atoms with Crippen LogP contribution in [0, 0.1) is 0 Å². The number of aromatic nitrogens is 2. The van der Waals surface area contributed by atoms with E-state index >= 15 is 0 Å². The number of hydrogen-bond donors (Lipinski definition) is 1. The Morgan fingerprint density at radius 2 is 1.71 bits per heavy atom. The second-order valence-electron chi connectivity index (χ2n) is 7.92. The van der Waals surface area contributed by atoms with E-state index in [1.807, 2.05) is 18.2 Å². The Morgan fingerprint density at radius 1 is 1.00 bits per heavy atom. The van der Waals surface area contributed by atoms with Crippen LogP contribution in [0.1, 0.15) is 51.4 Å². The van der Waals surface area contributed by atoms with Crippen molar-refractivity contribution in [2.75, 3.05) is 13.1 Å². The molecule has 1 aliphatic carbocycles. The number of carbonyl (C=O) groups is 1. The SMILES string of the molecule is O=CC1=C(n2c(=O)c(=O)[nH]c3ccccc32)CCN(C2CCCCCCC2)C1. The Hall–Kier alpha value is -2.47. The smallest absolute Gasteiger partial charge is 0.316 e. The first kappa shape index (κ1) is 18.9. The first-order valence-electron chi connectivity index (χ1n) is 10.3. The van der Waals surface area contributed by atoms with E-state index in [9.17, 15) is 14.4 Å². The lowest BCUT2D eigenvalue weighted by Crippen LogP contribution is -2.43. The van der Waals surface area contributed by atoms with Gasteiger partial charge in [0.15, 0.2) is 0 Å². The molecule has 0 atom stereocenters. The highest BCUT2D eigenvalue weighted by atomic mass is 16.2. The zero-order valence-corrected chi connectivity index (χ0v) is 16.2. The molecule has 6 heteroatoms. The minimum atomic E-state index is -0.654. The number of hydrogen-bond acceptors (Lipinski definition) is 4. The molecule has 6 nitrogen and oxygen atoms in total. The van der Waals surface area contributed by atoms with Crippen LogP contribution in [0.15, 0.2) is 39.4 Å². The molecule has 1 aromatic heterocycles. The van der Waals surface area contributed by atoms with E-state index in [1.165, 1.54) is 49.5 Å². The fourth-order valence-corrected chi connectivity index (χ4v) is 4.70. The average Bonchev–Trinajstić information content (AvgIpc) is 2.69. The number of nitrogens with zero attached hydrogens (tertiary/aromatic N) is 2. The van der Waals surface area contributed by atoms with E-state index in [2.05, 4.69) is 9.88 Å². The summed E-state index contributed by atoms with van der Waals surface area (Å²) < 4.78 is 1.45. The van der Waals surface area contributed by atoms with Crippen LogP contribution in [0.3, 0.4) is 0 Å². The Kier molecular flexibility index (Phi) is 5.57. The molecule has 0 amide bonds. The average molecular weight is 381 g/mol. The van der Waals surface area contributed by atoms with Crippen molar-refractivity contribution in [2.24, 2.45) is 0 Å². The summed E-state index contributed by atoms with van der Waals surface area (Å²) in [6, 6.07) is 7.74. The van der Waals surface area contributed by atoms with E-state index in [4.69, 9.17) is 0 Å². The molecule has 28 heavy (non-hydrogen) atoms. The summed E-state index contributed by atoms with van der Waals surface area (Å²) >= 11 is 0. The molecule has 1 aromatic carbocycles. The Morgan fingerprint density at radius 3 is 2.46 bits per heavy atom. The van der Waals surface area contributed by atoms with E-state index in [0.717, 1.165) is 12.8 Å². The van der Waals surface area contributed by atoms with Crippen molar-refractivity contribution >= 4 is 23.0 Å².